The van der Waals surface area contributed by atoms with Crippen LogP contribution in [-0.2, 0) is 15.0 Å². The second-order valence-electron chi connectivity index (χ2n) is 6.14. The van der Waals surface area contributed by atoms with Gasteiger partial charge in [0.25, 0.3) is 0 Å². The molecule has 0 spiro atoms. The maximum absolute atomic E-state index is 12.5. The Balaban J connectivity index is 3.09. The molecule has 0 aliphatic rings. The number of rotatable bonds is 10. The highest BCUT2D eigenvalue weighted by atomic mass is 19.3. The minimum absolute atomic E-state index is 0.394. The highest BCUT2D eigenvalue weighted by Crippen LogP contribution is 2.34. The lowest BCUT2D eigenvalue weighted by Gasteiger charge is -2.27. The van der Waals surface area contributed by atoms with Crippen LogP contribution in [0.4, 0.5) is 8.78 Å². The molecular weight excluding hydrogens is 348 g/mol. The lowest BCUT2D eigenvalue weighted by molar-refractivity contribution is -0.143. The van der Waals surface area contributed by atoms with Crippen LogP contribution in [0, 0.1) is 0 Å². The molecule has 1 rings (SSSR count). The third-order valence-electron chi connectivity index (χ3n) is 3.85. The van der Waals surface area contributed by atoms with Gasteiger partial charge in [-0.2, -0.15) is 0 Å². The summed E-state index contributed by atoms with van der Waals surface area (Å²) < 4.78 is 36.0. The summed E-state index contributed by atoms with van der Waals surface area (Å²) in [7, 11) is 0. The fourth-order valence-corrected chi connectivity index (χ4v) is 2.31. The molecule has 0 heterocycles. The summed E-state index contributed by atoms with van der Waals surface area (Å²) in [5, 5.41) is 11.2. The van der Waals surface area contributed by atoms with Gasteiger partial charge < -0.3 is 19.9 Å². The molecule has 1 aromatic rings. The number of carbonyl (C=O) groups excluding carboxylic acids is 1. The predicted molar refractivity (Wildman–Crippen MR) is 92.0 cm³/mol. The van der Waals surface area contributed by atoms with Gasteiger partial charge in [-0.3, -0.25) is 4.79 Å². The molecule has 0 saturated carbocycles. The van der Waals surface area contributed by atoms with Crippen LogP contribution in [0.3, 0.4) is 0 Å². The third-order valence-corrected chi connectivity index (χ3v) is 3.85. The quantitative estimate of drug-likeness (QED) is 0.659. The first-order chi connectivity index (χ1) is 12.1. The van der Waals surface area contributed by atoms with Gasteiger partial charge >= 0.3 is 5.97 Å². The normalized spacial score (nSPS) is 12.6. The van der Waals surface area contributed by atoms with Crippen molar-refractivity contribution in [3.8, 4) is 11.5 Å². The number of alkyl halides is 2. The number of halogens is 2. The van der Waals surface area contributed by atoms with Gasteiger partial charge in [-0.25, -0.2) is 13.6 Å². The monoisotopic (exact) mass is 373 g/mol. The molecule has 0 bridgehead atoms. The minimum atomic E-state index is -2.84. The molecule has 1 atom stereocenters. The van der Waals surface area contributed by atoms with Gasteiger partial charge in [-0.05, 0) is 45.4 Å². The van der Waals surface area contributed by atoms with Crippen molar-refractivity contribution in [3.05, 3.63) is 23.8 Å². The summed E-state index contributed by atoms with van der Waals surface area (Å²) in [6, 6.07) is 3.30. The Morgan fingerprint density at radius 1 is 1.15 bits per heavy atom. The summed E-state index contributed by atoms with van der Waals surface area (Å²) in [5.74, 6) is -1.20. The molecule has 0 fully saturated rings. The van der Waals surface area contributed by atoms with Crippen molar-refractivity contribution in [1.82, 2.24) is 5.32 Å². The molecule has 1 amide bonds. The van der Waals surface area contributed by atoms with Crippen molar-refractivity contribution < 1.29 is 33.0 Å². The first-order valence-electron chi connectivity index (χ1n) is 8.35. The second kappa shape index (κ2) is 9.35. The van der Waals surface area contributed by atoms with Crippen LogP contribution in [0.15, 0.2) is 18.2 Å². The Morgan fingerprint density at radius 3 is 2.23 bits per heavy atom. The SMILES string of the molecule is CCOc1ccc(C(C)(C)C(=O)NC(CC(F)F)C(=O)O)cc1OCC. The van der Waals surface area contributed by atoms with Crippen LogP contribution in [0.2, 0.25) is 0 Å². The Hall–Kier alpha value is -2.38. The summed E-state index contributed by atoms with van der Waals surface area (Å²) in [6.07, 6.45) is -3.79. The number of amides is 1. The van der Waals surface area contributed by atoms with Gasteiger partial charge in [0.2, 0.25) is 12.3 Å². The van der Waals surface area contributed by atoms with Crippen molar-refractivity contribution in [2.45, 2.75) is 52.0 Å². The number of nitrogens with one attached hydrogen (secondary N) is 1. The van der Waals surface area contributed by atoms with Gasteiger partial charge in [0.15, 0.2) is 11.5 Å². The maximum Gasteiger partial charge on any atom is 0.326 e. The highest BCUT2D eigenvalue weighted by Gasteiger charge is 2.34. The number of hydrogen-bond acceptors (Lipinski definition) is 4. The zero-order valence-corrected chi connectivity index (χ0v) is 15.3. The van der Waals surface area contributed by atoms with Crippen LogP contribution >= 0.6 is 0 Å². The molecule has 0 aromatic heterocycles. The molecule has 2 N–H and O–H groups in total. The Kier molecular flexibility index (Phi) is 7.79. The maximum atomic E-state index is 12.5. The van der Waals surface area contributed by atoms with E-state index >= 15 is 0 Å². The van der Waals surface area contributed by atoms with Gasteiger partial charge in [-0.1, -0.05) is 6.07 Å². The van der Waals surface area contributed by atoms with Gasteiger partial charge in [-0.15, -0.1) is 0 Å². The number of carboxylic acids is 1. The number of aliphatic carboxylic acids is 1. The van der Waals surface area contributed by atoms with Crippen LogP contribution in [-0.4, -0.2) is 42.7 Å². The summed E-state index contributed by atoms with van der Waals surface area (Å²) >= 11 is 0. The van der Waals surface area contributed by atoms with Crippen LogP contribution < -0.4 is 14.8 Å². The zero-order chi connectivity index (χ0) is 19.9. The van der Waals surface area contributed by atoms with Crippen molar-refractivity contribution >= 4 is 11.9 Å². The first-order valence-corrected chi connectivity index (χ1v) is 8.35. The molecule has 8 heteroatoms. The molecule has 1 unspecified atom stereocenters. The molecule has 6 nitrogen and oxygen atoms in total. The van der Waals surface area contributed by atoms with E-state index in [1.54, 1.807) is 32.0 Å². The van der Waals surface area contributed by atoms with Crippen molar-refractivity contribution in [2.24, 2.45) is 0 Å². The summed E-state index contributed by atoms with van der Waals surface area (Å²) in [6.45, 7) is 7.63. The largest absolute Gasteiger partial charge is 0.490 e. The average Bonchev–Trinajstić information content (AvgIpc) is 2.55. The van der Waals surface area contributed by atoms with E-state index in [4.69, 9.17) is 14.6 Å². The van der Waals surface area contributed by atoms with Gasteiger partial charge in [0.05, 0.1) is 18.6 Å². The van der Waals surface area contributed by atoms with E-state index in [1.807, 2.05) is 13.8 Å². The lowest BCUT2D eigenvalue weighted by Crippen LogP contribution is -2.49. The average molecular weight is 373 g/mol. The van der Waals surface area contributed by atoms with Crippen molar-refractivity contribution in [1.29, 1.82) is 0 Å². The van der Waals surface area contributed by atoms with Crippen LogP contribution in [0.5, 0.6) is 11.5 Å². The number of carboxylic acid groups (broad SMARTS) is 1. The van der Waals surface area contributed by atoms with Gasteiger partial charge in [0.1, 0.15) is 6.04 Å². The standard InChI is InChI=1S/C18H25F2NO5/c1-5-25-13-8-7-11(9-14(13)26-6-2)18(3,4)17(24)21-12(16(22)23)10-15(19)20/h7-9,12,15H,5-6,10H2,1-4H3,(H,21,24)(H,22,23). The number of benzene rings is 1. The molecule has 26 heavy (non-hydrogen) atoms. The lowest BCUT2D eigenvalue weighted by atomic mass is 9.83. The number of hydrogen-bond donors (Lipinski definition) is 2. The van der Waals surface area contributed by atoms with E-state index in [2.05, 4.69) is 5.32 Å². The van der Waals surface area contributed by atoms with E-state index in [1.165, 1.54) is 0 Å². The number of ether oxygens (including phenoxy) is 2. The van der Waals surface area contributed by atoms with E-state index in [9.17, 15) is 18.4 Å². The predicted octanol–water partition coefficient (Wildman–Crippen LogP) is 2.99. The van der Waals surface area contributed by atoms with Crippen molar-refractivity contribution in [3.63, 3.8) is 0 Å². The third kappa shape index (κ3) is 5.57. The molecule has 1 aromatic carbocycles. The smallest absolute Gasteiger partial charge is 0.326 e. The molecule has 0 radical (unpaired) electrons. The second-order valence-corrected chi connectivity index (χ2v) is 6.14. The number of carbonyl (C=O) groups is 2. The van der Waals surface area contributed by atoms with E-state index in [0.29, 0.717) is 30.3 Å². The van der Waals surface area contributed by atoms with Gasteiger partial charge in [0, 0.05) is 6.42 Å². The van der Waals surface area contributed by atoms with E-state index in [0.717, 1.165) is 0 Å². The first kappa shape index (κ1) is 21.7. The molecule has 0 aliphatic carbocycles. The highest BCUT2D eigenvalue weighted by molar-refractivity contribution is 5.91. The van der Waals surface area contributed by atoms with E-state index in [-0.39, 0.29) is 0 Å². The topological polar surface area (TPSA) is 84.9 Å². The minimum Gasteiger partial charge on any atom is -0.490 e. The fourth-order valence-electron chi connectivity index (χ4n) is 2.31. The molecule has 0 aliphatic heterocycles. The van der Waals surface area contributed by atoms with Crippen LogP contribution in [0.25, 0.3) is 0 Å². The molecule has 146 valence electrons. The summed E-state index contributed by atoms with van der Waals surface area (Å²) in [4.78, 5) is 23.7. The Bertz CT molecular complexity index is 634. The Morgan fingerprint density at radius 2 is 1.73 bits per heavy atom. The summed E-state index contributed by atoms with van der Waals surface area (Å²) in [5.41, 5.74) is -0.616. The molecular formula is C18H25F2NO5. The van der Waals surface area contributed by atoms with Crippen molar-refractivity contribution in [2.75, 3.05) is 13.2 Å². The Labute approximate surface area is 151 Å². The zero-order valence-electron chi connectivity index (χ0n) is 15.3. The molecule has 0 saturated heterocycles. The fraction of sp³-hybridized carbons (Fsp3) is 0.556. The van der Waals surface area contributed by atoms with E-state index < -0.39 is 36.2 Å². The van der Waals surface area contributed by atoms with Crippen LogP contribution in [0.1, 0.15) is 39.7 Å².